The quantitative estimate of drug-likeness (QED) is 0.470. The number of imide groups is 1. The Morgan fingerprint density at radius 2 is 1.43 bits per heavy atom. The minimum atomic E-state index is -0.364. The number of carbonyl (C=O) groups excluding carboxylic acids is 2. The van der Waals surface area contributed by atoms with Crippen LogP contribution in [0.4, 0.5) is 5.69 Å². The standard InChI is InChI=1S/C25H21NO4/c1-16-8-11-18(12-9-16)26-24(27)20-7-5-4-6-19(20)21(25(26)28)14-17-10-13-22(29-2)23(15-17)30-3/h4-15H,1-3H3/b21-14+. The van der Waals surface area contributed by atoms with Gasteiger partial charge >= 0.3 is 0 Å². The molecule has 0 saturated heterocycles. The van der Waals surface area contributed by atoms with Gasteiger partial charge < -0.3 is 9.47 Å². The van der Waals surface area contributed by atoms with E-state index in [1.807, 2.05) is 31.2 Å². The molecule has 3 aromatic carbocycles. The Morgan fingerprint density at radius 3 is 2.10 bits per heavy atom. The van der Waals surface area contributed by atoms with E-state index in [0.717, 1.165) is 11.1 Å². The molecule has 2 amide bonds. The van der Waals surface area contributed by atoms with E-state index < -0.39 is 0 Å². The molecule has 0 fully saturated rings. The molecule has 0 aromatic heterocycles. The zero-order valence-corrected chi connectivity index (χ0v) is 17.0. The van der Waals surface area contributed by atoms with Crippen molar-refractivity contribution < 1.29 is 19.1 Å². The molecule has 0 atom stereocenters. The van der Waals surface area contributed by atoms with Crippen LogP contribution in [0.25, 0.3) is 11.6 Å². The summed E-state index contributed by atoms with van der Waals surface area (Å²) in [5.74, 6) is 0.475. The first-order valence-electron chi connectivity index (χ1n) is 9.52. The highest BCUT2D eigenvalue weighted by atomic mass is 16.5. The lowest BCUT2D eigenvalue weighted by Crippen LogP contribution is -2.41. The summed E-state index contributed by atoms with van der Waals surface area (Å²) in [4.78, 5) is 27.8. The van der Waals surface area contributed by atoms with Crippen LogP contribution in [0.2, 0.25) is 0 Å². The zero-order chi connectivity index (χ0) is 21.3. The van der Waals surface area contributed by atoms with E-state index in [0.29, 0.717) is 33.9 Å². The van der Waals surface area contributed by atoms with Crippen LogP contribution < -0.4 is 14.4 Å². The monoisotopic (exact) mass is 399 g/mol. The molecular weight excluding hydrogens is 378 g/mol. The molecule has 0 N–H and O–H groups in total. The molecule has 3 aromatic rings. The molecule has 5 nitrogen and oxygen atoms in total. The molecular formula is C25H21NO4. The molecule has 1 aliphatic heterocycles. The van der Waals surface area contributed by atoms with E-state index >= 15 is 0 Å². The largest absolute Gasteiger partial charge is 0.493 e. The van der Waals surface area contributed by atoms with Crippen molar-refractivity contribution in [1.82, 2.24) is 0 Å². The number of carbonyl (C=O) groups is 2. The smallest absolute Gasteiger partial charge is 0.265 e. The third kappa shape index (κ3) is 3.35. The van der Waals surface area contributed by atoms with Crippen LogP contribution in [-0.4, -0.2) is 26.0 Å². The summed E-state index contributed by atoms with van der Waals surface area (Å²) in [7, 11) is 3.13. The van der Waals surface area contributed by atoms with E-state index in [4.69, 9.17) is 9.47 Å². The summed E-state index contributed by atoms with van der Waals surface area (Å²) in [5, 5.41) is 0. The molecule has 0 spiro atoms. The van der Waals surface area contributed by atoms with Crippen molar-refractivity contribution in [3.8, 4) is 11.5 Å². The molecule has 150 valence electrons. The van der Waals surface area contributed by atoms with Gasteiger partial charge in [-0.2, -0.15) is 0 Å². The van der Waals surface area contributed by atoms with Crippen LogP contribution >= 0.6 is 0 Å². The number of fused-ring (bicyclic) bond motifs is 1. The van der Waals surface area contributed by atoms with Crippen molar-refractivity contribution in [3.63, 3.8) is 0 Å². The normalized spacial score (nSPS) is 14.6. The molecule has 0 aliphatic carbocycles. The van der Waals surface area contributed by atoms with E-state index in [2.05, 4.69) is 0 Å². The lowest BCUT2D eigenvalue weighted by Gasteiger charge is -2.28. The van der Waals surface area contributed by atoms with Gasteiger partial charge in [-0.15, -0.1) is 0 Å². The van der Waals surface area contributed by atoms with Crippen molar-refractivity contribution in [2.45, 2.75) is 6.92 Å². The average Bonchev–Trinajstić information content (AvgIpc) is 2.77. The third-order valence-electron chi connectivity index (χ3n) is 5.10. The molecule has 0 bridgehead atoms. The predicted molar refractivity (Wildman–Crippen MR) is 117 cm³/mol. The van der Waals surface area contributed by atoms with Gasteiger partial charge in [0.05, 0.1) is 19.9 Å². The Hall–Kier alpha value is -3.86. The highest BCUT2D eigenvalue weighted by molar-refractivity contribution is 6.43. The van der Waals surface area contributed by atoms with Crippen LogP contribution in [0.1, 0.15) is 27.0 Å². The summed E-state index contributed by atoms with van der Waals surface area (Å²) < 4.78 is 10.7. The van der Waals surface area contributed by atoms with Gasteiger partial charge in [-0.1, -0.05) is 42.0 Å². The molecule has 0 saturated carbocycles. The topological polar surface area (TPSA) is 55.8 Å². The molecule has 1 heterocycles. The number of aryl methyl sites for hydroxylation is 1. The number of hydrogen-bond donors (Lipinski definition) is 0. The molecule has 4 rings (SSSR count). The summed E-state index contributed by atoms with van der Waals surface area (Å²) >= 11 is 0. The summed E-state index contributed by atoms with van der Waals surface area (Å²) in [5.41, 5.74) is 3.91. The fourth-order valence-corrected chi connectivity index (χ4v) is 3.53. The maximum atomic E-state index is 13.4. The highest BCUT2D eigenvalue weighted by Gasteiger charge is 2.35. The lowest BCUT2D eigenvalue weighted by atomic mass is 9.91. The van der Waals surface area contributed by atoms with Crippen molar-refractivity contribution in [3.05, 3.63) is 89.0 Å². The number of methoxy groups -OCH3 is 2. The number of benzene rings is 3. The van der Waals surface area contributed by atoms with Gasteiger partial charge in [0, 0.05) is 11.1 Å². The van der Waals surface area contributed by atoms with Gasteiger partial charge in [0.1, 0.15) is 0 Å². The maximum Gasteiger partial charge on any atom is 0.265 e. The minimum Gasteiger partial charge on any atom is -0.493 e. The Bertz CT molecular complexity index is 1160. The summed E-state index contributed by atoms with van der Waals surface area (Å²) in [6, 6.07) is 19.9. The Balaban J connectivity index is 1.87. The van der Waals surface area contributed by atoms with Crippen LogP contribution in [0.15, 0.2) is 66.7 Å². The Labute approximate surface area is 175 Å². The fraction of sp³-hybridized carbons (Fsp3) is 0.120. The third-order valence-corrected chi connectivity index (χ3v) is 5.10. The Kier molecular flexibility index (Phi) is 5.11. The second-order valence-electron chi connectivity index (χ2n) is 7.00. The van der Waals surface area contributed by atoms with Gasteiger partial charge in [0.15, 0.2) is 11.5 Å². The van der Waals surface area contributed by atoms with Gasteiger partial charge in [0.25, 0.3) is 11.8 Å². The summed E-state index contributed by atoms with van der Waals surface area (Å²) in [6.45, 7) is 1.96. The number of amides is 2. The van der Waals surface area contributed by atoms with Crippen molar-refractivity contribution in [1.29, 1.82) is 0 Å². The molecule has 0 unspecified atom stereocenters. The number of nitrogens with zero attached hydrogens (tertiary/aromatic N) is 1. The molecule has 30 heavy (non-hydrogen) atoms. The Morgan fingerprint density at radius 1 is 0.767 bits per heavy atom. The van der Waals surface area contributed by atoms with Crippen LogP contribution in [0, 0.1) is 6.92 Å². The van der Waals surface area contributed by atoms with Gasteiger partial charge in [-0.3, -0.25) is 9.59 Å². The second kappa shape index (κ2) is 7.87. The van der Waals surface area contributed by atoms with Gasteiger partial charge in [-0.25, -0.2) is 4.90 Å². The molecule has 1 aliphatic rings. The number of anilines is 1. The first kappa shape index (κ1) is 19.5. The summed E-state index contributed by atoms with van der Waals surface area (Å²) in [6.07, 6.45) is 1.77. The van der Waals surface area contributed by atoms with E-state index in [1.54, 1.807) is 62.8 Å². The first-order valence-corrected chi connectivity index (χ1v) is 9.52. The van der Waals surface area contributed by atoms with E-state index in [9.17, 15) is 9.59 Å². The molecule has 5 heteroatoms. The predicted octanol–water partition coefficient (Wildman–Crippen LogP) is 4.74. The van der Waals surface area contributed by atoms with Crippen molar-refractivity contribution in [2.75, 3.05) is 19.1 Å². The fourth-order valence-electron chi connectivity index (χ4n) is 3.53. The maximum absolute atomic E-state index is 13.4. The number of rotatable bonds is 4. The first-order chi connectivity index (χ1) is 14.5. The zero-order valence-electron chi connectivity index (χ0n) is 17.0. The molecule has 0 radical (unpaired) electrons. The second-order valence-corrected chi connectivity index (χ2v) is 7.00. The van der Waals surface area contributed by atoms with Crippen LogP contribution in [0.5, 0.6) is 11.5 Å². The van der Waals surface area contributed by atoms with E-state index in [-0.39, 0.29) is 11.8 Å². The van der Waals surface area contributed by atoms with Gasteiger partial charge in [0.2, 0.25) is 0 Å². The van der Waals surface area contributed by atoms with Crippen LogP contribution in [-0.2, 0) is 4.79 Å². The average molecular weight is 399 g/mol. The SMILES string of the molecule is COc1ccc(/C=C2/C(=O)N(c3ccc(C)cc3)C(=O)c3ccccc32)cc1OC. The minimum absolute atomic E-state index is 0.330. The van der Waals surface area contributed by atoms with Crippen molar-refractivity contribution in [2.24, 2.45) is 0 Å². The highest BCUT2D eigenvalue weighted by Crippen LogP contribution is 2.35. The van der Waals surface area contributed by atoms with Gasteiger partial charge in [-0.05, 0) is 54.5 Å². The van der Waals surface area contributed by atoms with Crippen molar-refractivity contribution >= 4 is 29.2 Å². The number of ether oxygens (including phenoxy) is 2. The van der Waals surface area contributed by atoms with E-state index in [1.165, 1.54) is 4.90 Å². The van der Waals surface area contributed by atoms with Crippen LogP contribution in [0.3, 0.4) is 0 Å². The lowest BCUT2D eigenvalue weighted by molar-refractivity contribution is -0.112. The number of hydrogen-bond acceptors (Lipinski definition) is 4.